The topological polar surface area (TPSA) is 107 Å². The minimum absolute atomic E-state index is 0.252. The smallest absolute Gasteiger partial charge is 0.320 e. The molecule has 5 heteroatoms. The Bertz CT molecular complexity index is 155. The van der Waals surface area contributed by atoms with Gasteiger partial charge >= 0.3 is 5.97 Å². The molecule has 0 aromatic carbocycles. The van der Waals surface area contributed by atoms with Crippen molar-refractivity contribution in [2.24, 2.45) is 5.73 Å². The maximum absolute atomic E-state index is 10.2. The summed E-state index contributed by atoms with van der Waals surface area (Å²) in [7, 11) is 0. The molecule has 1 rings (SSSR count). The van der Waals surface area contributed by atoms with Crippen LogP contribution in [0.15, 0.2) is 0 Å². The van der Waals surface area contributed by atoms with Crippen molar-refractivity contribution in [2.75, 3.05) is 0 Å². The van der Waals surface area contributed by atoms with E-state index in [1.807, 2.05) is 6.92 Å². The third-order valence-electron chi connectivity index (χ3n) is 1.50. The van der Waals surface area contributed by atoms with Crippen LogP contribution in [0.5, 0.6) is 0 Å². The van der Waals surface area contributed by atoms with Crippen LogP contribution in [-0.2, 0) is 4.79 Å². The van der Waals surface area contributed by atoms with Crippen LogP contribution in [0.3, 0.4) is 0 Å². The van der Waals surface area contributed by atoms with Crippen LogP contribution >= 0.6 is 0 Å². The van der Waals surface area contributed by atoms with E-state index >= 15 is 0 Å². The first-order valence-corrected chi connectivity index (χ1v) is 3.06. The van der Waals surface area contributed by atoms with Crippen LogP contribution in [0, 0.1) is 0 Å². The number of rotatable bonds is 3. The lowest BCUT2D eigenvalue weighted by Crippen LogP contribution is -2.35. The van der Waals surface area contributed by atoms with Crippen molar-refractivity contribution in [3.05, 3.63) is 0 Å². The van der Waals surface area contributed by atoms with Crippen LogP contribution in [0.2, 0.25) is 0 Å². The van der Waals surface area contributed by atoms with Gasteiger partial charge in [-0.3, -0.25) is 4.79 Å². The molecular weight excluding hydrogens is 134 g/mol. The molecule has 1 atom stereocenters. The fraction of sp³-hybridized carbons (Fsp3) is 0.800. The van der Waals surface area contributed by atoms with Gasteiger partial charge in [0, 0.05) is 6.42 Å². The molecule has 5 N–H and O–H groups in total. The zero-order valence-electron chi connectivity index (χ0n) is 5.72. The Morgan fingerprint density at radius 2 is 2.30 bits per heavy atom. The summed E-state index contributed by atoms with van der Waals surface area (Å²) in [4.78, 5) is 10.2. The summed E-state index contributed by atoms with van der Waals surface area (Å²) in [6.45, 7) is 1.86. The standard InChI is InChI=1S/C5H11N3O2/c1-5(7-8-5)2-3(6)4(9)10/h3,7-8H,2,6H2,1H3,(H,9,10)/t3-/m0/s1. The molecule has 0 amide bonds. The summed E-state index contributed by atoms with van der Waals surface area (Å²) in [6.07, 6.45) is 0.405. The number of carboxylic acids is 1. The van der Waals surface area contributed by atoms with Crippen molar-refractivity contribution in [1.82, 2.24) is 10.9 Å². The second-order valence-corrected chi connectivity index (χ2v) is 2.73. The lowest BCUT2D eigenvalue weighted by molar-refractivity contribution is -0.138. The van der Waals surface area contributed by atoms with Crippen LogP contribution in [0.25, 0.3) is 0 Å². The normalized spacial score (nSPS) is 23.8. The fourth-order valence-corrected chi connectivity index (χ4v) is 0.736. The van der Waals surface area contributed by atoms with Crippen LogP contribution in [-0.4, -0.2) is 22.8 Å². The number of aliphatic carboxylic acids is 1. The van der Waals surface area contributed by atoms with Gasteiger partial charge in [-0.2, -0.15) is 0 Å². The minimum Gasteiger partial charge on any atom is -0.480 e. The Labute approximate surface area is 58.6 Å². The second-order valence-electron chi connectivity index (χ2n) is 2.73. The SMILES string of the molecule is CC1(C[C@H](N)C(=O)O)NN1. The van der Waals surface area contributed by atoms with Gasteiger partial charge in [0.2, 0.25) is 0 Å². The van der Waals surface area contributed by atoms with Crippen LogP contribution in [0.1, 0.15) is 13.3 Å². The summed E-state index contributed by atoms with van der Waals surface area (Å²) in [5.41, 5.74) is 10.6. The maximum atomic E-state index is 10.2. The average Bonchev–Trinajstić information content (AvgIpc) is 2.47. The molecule has 0 spiro atoms. The van der Waals surface area contributed by atoms with E-state index in [1.54, 1.807) is 0 Å². The molecule has 1 fully saturated rings. The van der Waals surface area contributed by atoms with Crippen molar-refractivity contribution in [3.8, 4) is 0 Å². The van der Waals surface area contributed by atoms with E-state index < -0.39 is 12.0 Å². The van der Waals surface area contributed by atoms with Crippen molar-refractivity contribution < 1.29 is 9.90 Å². The zero-order valence-corrected chi connectivity index (χ0v) is 5.72. The minimum atomic E-state index is -0.961. The van der Waals surface area contributed by atoms with E-state index in [0.717, 1.165) is 0 Å². The number of hydrogen-bond acceptors (Lipinski definition) is 4. The van der Waals surface area contributed by atoms with Crippen molar-refractivity contribution in [3.63, 3.8) is 0 Å². The third-order valence-corrected chi connectivity index (χ3v) is 1.50. The molecular formula is C5H11N3O2. The Kier molecular flexibility index (Phi) is 1.63. The third kappa shape index (κ3) is 1.66. The lowest BCUT2D eigenvalue weighted by Gasteiger charge is -2.07. The summed E-state index contributed by atoms with van der Waals surface area (Å²) < 4.78 is 0. The van der Waals surface area contributed by atoms with E-state index in [2.05, 4.69) is 10.9 Å². The molecule has 0 unspecified atom stereocenters. The first kappa shape index (κ1) is 7.46. The summed E-state index contributed by atoms with van der Waals surface area (Å²) in [5, 5.41) is 8.39. The van der Waals surface area contributed by atoms with E-state index in [9.17, 15) is 4.79 Å². The number of nitrogens with two attached hydrogens (primary N) is 1. The second kappa shape index (κ2) is 2.19. The highest BCUT2D eigenvalue weighted by Gasteiger charge is 2.39. The Morgan fingerprint density at radius 3 is 2.60 bits per heavy atom. The molecule has 58 valence electrons. The van der Waals surface area contributed by atoms with Gasteiger partial charge in [0.15, 0.2) is 0 Å². The molecule has 0 aromatic heterocycles. The number of carboxylic acid groups (broad SMARTS) is 1. The van der Waals surface area contributed by atoms with Crippen LogP contribution in [0.4, 0.5) is 0 Å². The first-order valence-electron chi connectivity index (χ1n) is 3.06. The first-order chi connectivity index (χ1) is 4.53. The van der Waals surface area contributed by atoms with Gasteiger partial charge < -0.3 is 10.8 Å². The molecule has 1 saturated heterocycles. The fourth-order valence-electron chi connectivity index (χ4n) is 0.736. The van der Waals surface area contributed by atoms with E-state index in [0.29, 0.717) is 6.42 Å². The highest BCUT2D eigenvalue weighted by molar-refractivity contribution is 5.73. The quantitative estimate of drug-likeness (QED) is 0.366. The Morgan fingerprint density at radius 1 is 1.80 bits per heavy atom. The molecule has 0 radical (unpaired) electrons. The van der Waals surface area contributed by atoms with E-state index in [4.69, 9.17) is 10.8 Å². The number of carbonyl (C=O) groups is 1. The van der Waals surface area contributed by atoms with Gasteiger partial charge in [-0.15, -0.1) is 0 Å². The van der Waals surface area contributed by atoms with Gasteiger partial charge in [-0.25, -0.2) is 10.9 Å². The van der Waals surface area contributed by atoms with Gasteiger partial charge in [-0.05, 0) is 6.92 Å². The molecule has 1 aliphatic heterocycles. The molecule has 10 heavy (non-hydrogen) atoms. The van der Waals surface area contributed by atoms with Crippen molar-refractivity contribution in [1.29, 1.82) is 0 Å². The summed E-state index contributed by atoms with van der Waals surface area (Å²) in [5.74, 6) is -0.961. The molecule has 0 saturated carbocycles. The summed E-state index contributed by atoms with van der Waals surface area (Å²) >= 11 is 0. The van der Waals surface area contributed by atoms with Crippen LogP contribution < -0.4 is 16.6 Å². The highest BCUT2D eigenvalue weighted by atomic mass is 16.4. The Hall–Kier alpha value is -0.650. The largest absolute Gasteiger partial charge is 0.480 e. The molecule has 0 aliphatic carbocycles. The van der Waals surface area contributed by atoms with Gasteiger partial charge in [0.25, 0.3) is 0 Å². The number of hydrazine groups is 1. The van der Waals surface area contributed by atoms with Gasteiger partial charge in [0.1, 0.15) is 6.04 Å². The van der Waals surface area contributed by atoms with E-state index in [-0.39, 0.29) is 5.66 Å². The monoisotopic (exact) mass is 145 g/mol. The predicted octanol–water partition coefficient (Wildman–Crippen LogP) is -1.39. The van der Waals surface area contributed by atoms with Crippen molar-refractivity contribution >= 4 is 5.97 Å². The lowest BCUT2D eigenvalue weighted by atomic mass is 10.1. The van der Waals surface area contributed by atoms with Gasteiger partial charge in [-0.1, -0.05) is 0 Å². The summed E-state index contributed by atoms with van der Waals surface area (Å²) in [6, 6.07) is -0.785. The average molecular weight is 145 g/mol. The number of hydrogen-bond donors (Lipinski definition) is 4. The number of nitrogens with one attached hydrogen (secondary N) is 2. The van der Waals surface area contributed by atoms with E-state index in [1.165, 1.54) is 0 Å². The zero-order chi connectivity index (χ0) is 7.78. The van der Waals surface area contributed by atoms with Crippen molar-refractivity contribution in [2.45, 2.75) is 25.0 Å². The maximum Gasteiger partial charge on any atom is 0.320 e. The Balaban J connectivity index is 2.31. The highest BCUT2D eigenvalue weighted by Crippen LogP contribution is 2.14. The molecule has 5 nitrogen and oxygen atoms in total. The molecule has 0 bridgehead atoms. The molecule has 0 aromatic rings. The predicted molar refractivity (Wildman–Crippen MR) is 34.9 cm³/mol. The molecule has 1 heterocycles. The van der Waals surface area contributed by atoms with Gasteiger partial charge in [0.05, 0.1) is 5.66 Å². The molecule has 1 aliphatic rings.